The molecular formula is C19H31NO8S. The molecule has 1 aliphatic carbocycles. The van der Waals surface area contributed by atoms with Crippen molar-refractivity contribution in [3.63, 3.8) is 0 Å². The fourth-order valence-electron chi connectivity index (χ4n) is 4.78. The van der Waals surface area contributed by atoms with E-state index in [0.29, 0.717) is 12.8 Å². The third-order valence-corrected chi connectivity index (χ3v) is 6.72. The number of amides is 1. The number of carbonyl (C=O) groups excluding carboxylic acids is 3. The molecule has 0 aromatic heterocycles. The highest BCUT2D eigenvalue weighted by Gasteiger charge is 2.62. The summed E-state index contributed by atoms with van der Waals surface area (Å²) in [5.74, 6) is -2.32. The van der Waals surface area contributed by atoms with Crippen molar-refractivity contribution in [2.45, 2.75) is 77.4 Å². The molecule has 0 spiro atoms. The van der Waals surface area contributed by atoms with E-state index in [0.717, 1.165) is 19.3 Å². The molecule has 2 N–H and O–H groups in total. The van der Waals surface area contributed by atoms with Crippen LogP contribution in [0.25, 0.3) is 0 Å². The molecule has 166 valence electrons. The normalized spacial score (nSPS) is 25.1. The quantitative estimate of drug-likeness (QED) is 0.435. The summed E-state index contributed by atoms with van der Waals surface area (Å²) in [5.41, 5.74) is -2.45. The first-order valence-electron chi connectivity index (χ1n) is 9.99. The topological polar surface area (TPSA) is 136 Å². The van der Waals surface area contributed by atoms with Gasteiger partial charge >= 0.3 is 11.9 Å². The summed E-state index contributed by atoms with van der Waals surface area (Å²) in [4.78, 5) is 36.8. The Balaban J connectivity index is 2.36. The lowest BCUT2D eigenvalue weighted by molar-refractivity contribution is -0.230. The summed E-state index contributed by atoms with van der Waals surface area (Å²) in [6.07, 6.45) is 4.41. The zero-order valence-corrected chi connectivity index (χ0v) is 18.0. The average molecular weight is 434 g/mol. The van der Waals surface area contributed by atoms with Gasteiger partial charge in [-0.25, -0.2) is 9.59 Å². The van der Waals surface area contributed by atoms with Crippen molar-refractivity contribution >= 4 is 28.0 Å². The van der Waals surface area contributed by atoms with Crippen LogP contribution >= 0.6 is 0 Å². The molecule has 1 aliphatic heterocycles. The van der Waals surface area contributed by atoms with Crippen molar-refractivity contribution in [2.75, 3.05) is 12.4 Å². The average Bonchev–Trinajstić information content (AvgIpc) is 2.61. The van der Waals surface area contributed by atoms with Gasteiger partial charge < -0.3 is 14.8 Å². The molecule has 0 aromatic rings. The Morgan fingerprint density at radius 3 is 2.45 bits per heavy atom. The van der Waals surface area contributed by atoms with Crippen LogP contribution in [-0.4, -0.2) is 54.8 Å². The number of rotatable bonds is 8. The fraction of sp³-hybridized carbons (Fsp3) is 0.842. The first-order chi connectivity index (χ1) is 13.4. The molecule has 0 aromatic carbocycles. The summed E-state index contributed by atoms with van der Waals surface area (Å²) in [6, 6.07) is -0.640. The molecule has 9 nitrogen and oxygen atoms in total. The number of hydrogen-bond acceptors (Lipinski definition) is 7. The molecule has 1 unspecified atom stereocenters. The van der Waals surface area contributed by atoms with Crippen LogP contribution < -0.4 is 5.32 Å². The number of carbonyl (C=O) groups is 3. The van der Waals surface area contributed by atoms with Crippen LogP contribution in [0.1, 0.15) is 65.7 Å². The predicted octanol–water partition coefficient (Wildman–Crippen LogP) is 1.60. The lowest BCUT2D eigenvalue weighted by Gasteiger charge is -2.51. The molecule has 1 saturated heterocycles. The summed E-state index contributed by atoms with van der Waals surface area (Å²) < 4.78 is 42.4. The van der Waals surface area contributed by atoms with Gasteiger partial charge in [0, 0.05) is 24.3 Å². The monoisotopic (exact) mass is 433 g/mol. The fourth-order valence-corrected chi connectivity index (χ4v) is 5.36. The van der Waals surface area contributed by atoms with Gasteiger partial charge in [-0.05, 0) is 25.7 Å². The summed E-state index contributed by atoms with van der Waals surface area (Å²) in [7, 11) is -4.22. The van der Waals surface area contributed by atoms with Crippen LogP contribution in [0.2, 0.25) is 0 Å². The van der Waals surface area contributed by atoms with E-state index >= 15 is 0 Å². The van der Waals surface area contributed by atoms with Crippen molar-refractivity contribution in [3.8, 4) is 0 Å². The second-order valence-electron chi connectivity index (χ2n) is 8.68. The molecular weight excluding hydrogens is 402 g/mol. The molecule has 29 heavy (non-hydrogen) atoms. The van der Waals surface area contributed by atoms with Gasteiger partial charge in [0.25, 0.3) is 10.1 Å². The van der Waals surface area contributed by atoms with E-state index in [1.54, 1.807) is 13.8 Å². The van der Waals surface area contributed by atoms with E-state index in [2.05, 4.69) is 5.32 Å². The van der Waals surface area contributed by atoms with Gasteiger partial charge in [0.05, 0.1) is 5.75 Å². The van der Waals surface area contributed by atoms with Crippen molar-refractivity contribution in [1.29, 1.82) is 0 Å². The molecule has 1 amide bonds. The maximum atomic E-state index is 13.0. The maximum absolute atomic E-state index is 13.0. The Morgan fingerprint density at radius 1 is 1.28 bits per heavy atom. The van der Waals surface area contributed by atoms with E-state index in [1.807, 2.05) is 0 Å². The minimum atomic E-state index is -4.22. The molecule has 2 rings (SSSR count). The number of nitrogens with one attached hydrogen (secondary N) is 1. The van der Waals surface area contributed by atoms with E-state index in [1.165, 1.54) is 6.92 Å². The smallest absolute Gasteiger partial charge is 0.352 e. The van der Waals surface area contributed by atoms with Crippen LogP contribution in [0.15, 0.2) is 0 Å². The first-order valence-corrected chi connectivity index (χ1v) is 11.6. The first kappa shape index (κ1) is 23.6. The molecule has 2 aliphatic rings. The maximum Gasteiger partial charge on any atom is 0.352 e. The van der Waals surface area contributed by atoms with E-state index in [9.17, 15) is 22.8 Å². The van der Waals surface area contributed by atoms with Gasteiger partial charge in [0.1, 0.15) is 0 Å². The molecule has 2 fully saturated rings. The highest BCUT2D eigenvalue weighted by atomic mass is 32.2. The van der Waals surface area contributed by atoms with Gasteiger partial charge in [-0.15, -0.1) is 0 Å². The Kier molecular flexibility index (Phi) is 7.32. The molecule has 2 atom stereocenters. The van der Waals surface area contributed by atoms with E-state index in [4.69, 9.17) is 14.0 Å². The number of esters is 2. The second kappa shape index (κ2) is 8.99. The summed E-state index contributed by atoms with van der Waals surface area (Å²) >= 11 is 0. The van der Waals surface area contributed by atoms with Gasteiger partial charge in [-0.3, -0.25) is 9.35 Å². The highest BCUT2D eigenvalue weighted by molar-refractivity contribution is 7.85. The SMILES string of the molecule is CC(=O)NC(CCS(=O)(=O)O)CC(C)(C)[C@@]1(C2CCCCC2)OC(=O)COC1=O. The van der Waals surface area contributed by atoms with Crippen molar-refractivity contribution in [2.24, 2.45) is 11.3 Å². The Morgan fingerprint density at radius 2 is 1.90 bits per heavy atom. The van der Waals surface area contributed by atoms with Crippen LogP contribution in [0.3, 0.4) is 0 Å². The van der Waals surface area contributed by atoms with E-state index < -0.39 is 51.5 Å². The van der Waals surface area contributed by atoms with Gasteiger partial charge in [-0.2, -0.15) is 8.42 Å². The lowest BCUT2D eigenvalue weighted by atomic mass is 9.61. The lowest BCUT2D eigenvalue weighted by Crippen LogP contribution is -2.64. The van der Waals surface area contributed by atoms with Crippen molar-refractivity contribution < 1.29 is 36.8 Å². The number of ether oxygens (including phenoxy) is 2. The summed E-state index contributed by atoms with van der Waals surface area (Å²) in [6.45, 7) is 4.41. The number of cyclic esters (lactones) is 2. The Labute approximate surface area is 171 Å². The third-order valence-electron chi connectivity index (χ3n) is 5.97. The second-order valence-corrected chi connectivity index (χ2v) is 10.3. The zero-order chi connectivity index (χ0) is 21.9. The van der Waals surface area contributed by atoms with Gasteiger partial charge in [0.2, 0.25) is 11.5 Å². The standard InChI is InChI=1S/C19H31NO8S/c1-13(21)20-15(9-10-29(24,25)26)11-18(2,3)19(14-7-5-4-6-8-14)17(23)27-12-16(22)28-19/h14-15H,4-12H2,1-3H3,(H,20,21)(H,24,25,26)/t15?,19-/m0/s1. The van der Waals surface area contributed by atoms with Crippen LogP contribution in [0.5, 0.6) is 0 Å². The molecule has 1 heterocycles. The minimum Gasteiger partial charge on any atom is -0.451 e. The van der Waals surface area contributed by atoms with Crippen LogP contribution in [0, 0.1) is 11.3 Å². The predicted molar refractivity (Wildman–Crippen MR) is 103 cm³/mol. The van der Waals surface area contributed by atoms with Crippen molar-refractivity contribution in [1.82, 2.24) is 5.32 Å². The Hall–Kier alpha value is -1.68. The molecule has 1 saturated carbocycles. The zero-order valence-electron chi connectivity index (χ0n) is 17.2. The van der Waals surface area contributed by atoms with E-state index in [-0.39, 0.29) is 24.7 Å². The Bertz CT molecular complexity index is 741. The van der Waals surface area contributed by atoms with Crippen molar-refractivity contribution in [3.05, 3.63) is 0 Å². The molecule has 0 bridgehead atoms. The molecule has 0 radical (unpaired) electrons. The van der Waals surface area contributed by atoms with Crippen LogP contribution in [-0.2, 0) is 34.0 Å². The van der Waals surface area contributed by atoms with Crippen LogP contribution in [0.4, 0.5) is 0 Å². The summed E-state index contributed by atoms with van der Waals surface area (Å²) in [5, 5.41) is 2.69. The number of hydrogen-bond donors (Lipinski definition) is 2. The largest absolute Gasteiger partial charge is 0.451 e. The van der Waals surface area contributed by atoms with Gasteiger partial charge in [-0.1, -0.05) is 33.1 Å². The van der Waals surface area contributed by atoms with Gasteiger partial charge in [0.15, 0.2) is 6.61 Å². The third kappa shape index (κ3) is 5.69. The minimum absolute atomic E-state index is 0.0361. The molecule has 10 heteroatoms. The highest BCUT2D eigenvalue weighted by Crippen LogP contribution is 2.50.